The maximum Gasteiger partial charge on any atom is -0.00160 e. The molecule has 1 aliphatic carbocycles. The van der Waals surface area contributed by atoms with E-state index in [1.807, 2.05) is 0 Å². The van der Waals surface area contributed by atoms with Crippen LogP contribution < -0.4 is 0 Å². The number of hydrogen-bond acceptors (Lipinski definition) is 1. The van der Waals surface area contributed by atoms with Gasteiger partial charge in [0.2, 0.25) is 0 Å². The molecule has 2 fully saturated rings. The fourth-order valence-electron chi connectivity index (χ4n) is 3.27. The minimum absolute atomic E-state index is 1.09. The predicted molar refractivity (Wildman–Crippen MR) is 70.4 cm³/mol. The van der Waals surface area contributed by atoms with Crippen LogP contribution in [0.5, 0.6) is 0 Å². The van der Waals surface area contributed by atoms with Crippen LogP contribution in [0.15, 0.2) is 0 Å². The highest BCUT2D eigenvalue weighted by atomic mass is 15.1. The van der Waals surface area contributed by atoms with Gasteiger partial charge in [-0.15, -0.1) is 0 Å². The average Bonchev–Trinajstić information content (AvgIpc) is 2.37. The van der Waals surface area contributed by atoms with Gasteiger partial charge in [0.05, 0.1) is 0 Å². The molecule has 0 amide bonds. The largest absolute Gasteiger partial charge is 0.303 e. The van der Waals surface area contributed by atoms with Gasteiger partial charge < -0.3 is 4.90 Å². The minimum atomic E-state index is 1.09. The Kier molecular flexibility index (Phi) is 5.68. The van der Waals surface area contributed by atoms with E-state index in [2.05, 4.69) is 11.3 Å². The quantitative estimate of drug-likeness (QED) is 0.635. The van der Waals surface area contributed by atoms with Crippen molar-refractivity contribution in [1.82, 2.24) is 4.90 Å². The number of rotatable bonds is 5. The van der Waals surface area contributed by atoms with Crippen molar-refractivity contribution in [3.05, 3.63) is 6.42 Å². The Bertz CT molecular complexity index is 146. The van der Waals surface area contributed by atoms with E-state index in [0.29, 0.717) is 0 Å². The lowest BCUT2D eigenvalue weighted by atomic mass is 9.86. The van der Waals surface area contributed by atoms with Gasteiger partial charge in [0.1, 0.15) is 0 Å². The highest BCUT2D eigenvalue weighted by molar-refractivity contribution is 4.76. The first kappa shape index (κ1) is 12.4. The minimum Gasteiger partial charge on any atom is -0.303 e. The van der Waals surface area contributed by atoms with Crippen molar-refractivity contribution in [2.24, 2.45) is 5.92 Å². The number of nitrogens with zero attached hydrogens (tertiary/aromatic N) is 1. The van der Waals surface area contributed by atoms with Gasteiger partial charge in [0.25, 0.3) is 0 Å². The summed E-state index contributed by atoms with van der Waals surface area (Å²) in [6.45, 7) is 4.01. The summed E-state index contributed by atoms with van der Waals surface area (Å²) in [5.74, 6) is 1.09. The first-order valence-corrected chi connectivity index (χ1v) is 7.49. The first-order valence-electron chi connectivity index (χ1n) is 7.49. The molecule has 1 radical (unpaired) electrons. The van der Waals surface area contributed by atoms with Crippen LogP contribution in [0.1, 0.15) is 64.2 Å². The van der Waals surface area contributed by atoms with Crippen LogP contribution in [0.2, 0.25) is 0 Å². The lowest BCUT2D eigenvalue weighted by molar-refractivity contribution is 0.242. The van der Waals surface area contributed by atoms with Gasteiger partial charge in [0.15, 0.2) is 0 Å². The van der Waals surface area contributed by atoms with E-state index in [0.717, 1.165) is 5.92 Å². The maximum absolute atomic E-state index is 2.65. The molecule has 0 N–H and O–H groups in total. The van der Waals surface area contributed by atoms with E-state index in [1.54, 1.807) is 0 Å². The van der Waals surface area contributed by atoms with Crippen molar-refractivity contribution in [2.75, 3.05) is 19.6 Å². The highest BCUT2D eigenvalue weighted by Crippen LogP contribution is 2.27. The topological polar surface area (TPSA) is 3.24 Å². The molecule has 0 aromatic rings. The lowest BCUT2D eigenvalue weighted by Crippen LogP contribution is -2.30. The Morgan fingerprint density at radius 2 is 1.69 bits per heavy atom. The summed E-state index contributed by atoms with van der Waals surface area (Å²) >= 11 is 0. The van der Waals surface area contributed by atoms with Crippen LogP contribution in [-0.4, -0.2) is 24.5 Å². The molecule has 0 unspecified atom stereocenters. The van der Waals surface area contributed by atoms with Crippen molar-refractivity contribution in [3.63, 3.8) is 0 Å². The Morgan fingerprint density at radius 3 is 2.44 bits per heavy atom. The van der Waals surface area contributed by atoms with Gasteiger partial charge in [-0.3, -0.25) is 0 Å². The second-order valence-electron chi connectivity index (χ2n) is 5.71. The van der Waals surface area contributed by atoms with Crippen LogP contribution in [-0.2, 0) is 0 Å². The molecule has 0 bridgehead atoms. The normalized spacial score (nSPS) is 24.8. The third-order valence-electron chi connectivity index (χ3n) is 4.36. The maximum atomic E-state index is 2.65. The summed E-state index contributed by atoms with van der Waals surface area (Å²) in [6.07, 6.45) is 17.1. The second-order valence-corrected chi connectivity index (χ2v) is 5.71. The number of piperidine rings is 1. The summed E-state index contributed by atoms with van der Waals surface area (Å²) in [5, 5.41) is 0. The van der Waals surface area contributed by atoms with Crippen LogP contribution in [0.25, 0.3) is 0 Å². The molecule has 1 aliphatic heterocycles. The number of hydrogen-bond donors (Lipinski definition) is 0. The van der Waals surface area contributed by atoms with Gasteiger partial charge >= 0.3 is 0 Å². The zero-order chi connectivity index (χ0) is 11.1. The van der Waals surface area contributed by atoms with Crippen LogP contribution >= 0.6 is 0 Å². The van der Waals surface area contributed by atoms with Crippen molar-refractivity contribution < 1.29 is 0 Å². The molecule has 0 aromatic carbocycles. The van der Waals surface area contributed by atoms with Gasteiger partial charge in [0, 0.05) is 0 Å². The molecular formula is C15H28N. The van der Waals surface area contributed by atoms with Crippen molar-refractivity contribution in [2.45, 2.75) is 64.2 Å². The standard InChI is InChI=1S/C15H28N/c1-3-9-15(10-4-1)11-5-8-14-16-12-6-2-7-13-16/h2,15H,1,3-14H2. The van der Waals surface area contributed by atoms with Gasteiger partial charge in [-0.1, -0.05) is 44.9 Å². The fourth-order valence-corrected chi connectivity index (χ4v) is 3.27. The van der Waals surface area contributed by atoms with E-state index in [4.69, 9.17) is 0 Å². The summed E-state index contributed by atoms with van der Waals surface area (Å²) in [6, 6.07) is 0. The second kappa shape index (κ2) is 7.32. The zero-order valence-electron chi connectivity index (χ0n) is 10.8. The summed E-state index contributed by atoms with van der Waals surface area (Å²) in [4.78, 5) is 2.65. The van der Waals surface area contributed by atoms with E-state index in [-0.39, 0.29) is 0 Å². The Hall–Kier alpha value is -0.0400. The Balaban J connectivity index is 1.47. The SMILES string of the molecule is [CH]1CCN(CCCCC2CCCCC2)CC1. The predicted octanol–water partition coefficient (Wildman–Crippen LogP) is 4.04. The smallest absolute Gasteiger partial charge is 0.00160 e. The monoisotopic (exact) mass is 222 g/mol. The summed E-state index contributed by atoms with van der Waals surface area (Å²) in [5.41, 5.74) is 0. The van der Waals surface area contributed by atoms with Crippen LogP contribution in [0, 0.1) is 12.3 Å². The molecule has 1 nitrogen and oxygen atoms in total. The van der Waals surface area contributed by atoms with E-state index in [9.17, 15) is 0 Å². The molecule has 1 heterocycles. The zero-order valence-corrected chi connectivity index (χ0v) is 10.8. The van der Waals surface area contributed by atoms with Gasteiger partial charge in [-0.2, -0.15) is 0 Å². The average molecular weight is 222 g/mol. The van der Waals surface area contributed by atoms with Crippen molar-refractivity contribution in [1.29, 1.82) is 0 Å². The summed E-state index contributed by atoms with van der Waals surface area (Å²) in [7, 11) is 0. The van der Waals surface area contributed by atoms with Crippen molar-refractivity contribution >= 4 is 0 Å². The molecule has 16 heavy (non-hydrogen) atoms. The Labute approximate surface area is 102 Å². The fraction of sp³-hybridized carbons (Fsp3) is 0.933. The van der Waals surface area contributed by atoms with E-state index in [1.165, 1.54) is 83.8 Å². The third kappa shape index (κ3) is 4.45. The van der Waals surface area contributed by atoms with E-state index < -0.39 is 0 Å². The molecule has 2 aliphatic rings. The molecule has 0 atom stereocenters. The summed E-state index contributed by atoms with van der Waals surface area (Å²) < 4.78 is 0. The molecule has 1 saturated carbocycles. The molecule has 0 aromatic heterocycles. The molecule has 1 heteroatoms. The molecule has 93 valence electrons. The number of unbranched alkanes of at least 4 members (excludes halogenated alkanes) is 1. The van der Waals surface area contributed by atoms with Crippen molar-refractivity contribution in [3.8, 4) is 0 Å². The number of likely N-dealkylation sites (tertiary alicyclic amines) is 1. The molecule has 2 rings (SSSR count). The molecular weight excluding hydrogens is 194 g/mol. The van der Waals surface area contributed by atoms with Gasteiger partial charge in [-0.05, 0) is 51.2 Å². The Morgan fingerprint density at radius 1 is 0.938 bits per heavy atom. The lowest BCUT2D eigenvalue weighted by Gasteiger charge is -2.26. The van der Waals surface area contributed by atoms with Gasteiger partial charge in [-0.25, -0.2) is 0 Å². The highest BCUT2D eigenvalue weighted by Gasteiger charge is 2.13. The van der Waals surface area contributed by atoms with E-state index >= 15 is 0 Å². The molecule has 0 spiro atoms. The van der Waals surface area contributed by atoms with Crippen LogP contribution in [0.4, 0.5) is 0 Å². The molecule has 1 saturated heterocycles. The van der Waals surface area contributed by atoms with Crippen LogP contribution in [0.3, 0.4) is 0 Å². The first-order chi connectivity index (χ1) is 7.95. The third-order valence-corrected chi connectivity index (χ3v) is 4.36.